The van der Waals surface area contributed by atoms with Crippen molar-refractivity contribution in [1.29, 1.82) is 0 Å². The lowest BCUT2D eigenvalue weighted by Gasteiger charge is -2.08. The molecular weight excluding hydrogens is 232 g/mol. The normalized spacial score (nSPS) is 10.7. The average Bonchev–Trinajstić information content (AvgIpc) is 2.89. The number of rotatable bonds is 3. The van der Waals surface area contributed by atoms with Crippen LogP contribution in [0.4, 0.5) is 0 Å². The maximum Gasteiger partial charge on any atom is 0.265 e. The lowest BCUT2D eigenvalue weighted by atomic mass is 10.2. The van der Waals surface area contributed by atoms with E-state index in [1.54, 1.807) is 35.3 Å². The van der Waals surface area contributed by atoms with Gasteiger partial charge in [-0.25, -0.2) is 4.98 Å². The van der Waals surface area contributed by atoms with Crippen LogP contribution in [0.1, 0.15) is 5.56 Å². The number of benzene rings is 1. The van der Waals surface area contributed by atoms with E-state index in [1.165, 1.54) is 0 Å². The van der Waals surface area contributed by atoms with Crippen molar-refractivity contribution in [2.24, 2.45) is 0 Å². The van der Waals surface area contributed by atoms with Crippen molar-refractivity contribution < 1.29 is 9.84 Å². The number of fused-ring (bicyclic) bond motifs is 1. The lowest BCUT2D eigenvalue weighted by Crippen LogP contribution is -1.96. The van der Waals surface area contributed by atoms with Crippen molar-refractivity contribution in [3.05, 3.63) is 48.5 Å². The second-order valence-corrected chi connectivity index (χ2v) is 3.66. The Hall–Kier alpha value is -2.47. The minimum Gasteiger partial charge on any atom is -0.435 e. The van der Waals surface area contributed by atoms with Crippen LogP contribution in [0.25, 0.3) is 5.65 Å². The van der Waals surface area contributed by atoms with Crippen molar-refractivity contribution >= 4 is 5.65 Å². The molecule has 90 valence electrons. The van der Waals surface area contributed by atoms with Crippen molar-refractivity contribution in [2.45, 2.75) is 6.61 Å². The number of aliphatic hydroxyl groups is 1. The molecule has 0 radical (unpaired) electrons. The van der Waals surface area contributed by atoms with Gasteiger partial charge >= 0.3 is 0 Å². The summed E-state index contributed by atoms with van der Waals surface area (Å²) in [6.07, 6.45) is 4.91. The molecule has 0 saturated heterocycles. The molecule has 0 unspecified atom stereocenters. The smallest absolute Gasteiger partial charge is 0.265 e. The van der Waals surface area contributed by atoms with Crippen LogP contribution in [0, 0.1) is 0 Å². The summed E-state index contributed by atoms with van der Waals surface area (Å²) >= 11 is 0. The third-order valence-corrected chi connectivity index (χ3v) is 2.53. The molecule has 0 bridgehead atoms. The fraction of sp³-hybridized carbons (Fsp3) is 0.0833. The Labute approximate surface area is 103 Å². The summed E-state index contributed by atoms with van der Waals surface area (Å²) in [7, 11) is 0. The molecule has 0 atom stereocenters. The number of aliphatic hydroxyl groups excluding tert-OH is 1. The fourth-order valence-corrected chi connectivity index (χ4v) is 1.65. The van der Waals surface area contributed by atoms with Crippen LogP contribution >= 0.6 is 0 Å². The topological polar surface area (TPSA) is 72.5 Å². The van der Waals surface area contributed by atoms with Crippen LogP contribution < -0.4 is 4.74 Å². The monoisotopic (exact) mass is 242 g/mol. The van der Waals surface area contributed by atoms with E-state index >= 15 is 0 Å². The van der Waals surface area contributed by atoms with Gasteiger partial charge in [-0.15, -0.1) is 10.2 Å². The highest BCUT2D eigenvalue weighted by Gasteiger charge is 2.09. The number of aromatic nitrogens is 4. The van der Waals surface area contributed by atoms with Crippen molar-refractivity contribution in [3.63, 3.8) is 0 Å². The van der Waals surface area contributed by atoms with E-state index in [-0.39, 0.29) is 6.61 Å². The number of para-hydroxylation sites is 1. The molecule has 0 aliphatic rings. The highest BCUT2D eigenvalue weighted by atomic mass is 16.5. The highest BCUT2D eigenvalue weighted by Crippen LogP contribution is 2.25. The van der Waals surface area contributed by atoms with E-state index in [0.717, 1.165) is 0 Å². The Balaban J connectivity index is 2.04. The summed E-state index contributed by atoms with van der Waals surface area (Å²) in [4.78, 5) is 4.12. The molecule has 3 rings (SSSR count). The zero-order valence-electron chi connectivity index (χ0n) is 9.39. The maximum absolute atomic E-state index is 9.24. The lowest BCUT2D eigenvalue weighted by molar-refractivity contribution is 0.276. The van der Waals surface area contributed by atoms with E-state index in [1.807, 2.05) is 12.1 Å². The molecule has 0 saturated carbocycles. The molecule has 3 aromatic rings. The second-order valence-electron chi connectivity index (χ2n) is 3.66. The zero-order valence-corrected chi connectivity index (χ0v) is 9.39. The summed E-state index contributed by atoms with van der Waals surface area (Å²) in [5.74, 6) is 0.916. The van der Waals surface area contributed by atoms with Gasteiger partial charge in [-0.05, 0) is 6.07 Å². The number of ether oxygens (including phenoxy) is 1. The summed E-state index contributed by atoms with van der Waals surface area (Å²) in [6, 6.07) is 7.23. The molecular formula is C12H10N4O2. The van der Waals surface area contributed by atoms with Crippen LogP contribution in [0.3, 0.4) is 0 Å². The van der Waals surface area contributed by atoms with Gasteiger partial charge in [-0.1, -0.05) is 18.2 Å². The Morgan fingerprint density at radius 2 is 2.17 bits per heavy atom. The standard InChI is InChI=1S/C12H10N4O2/c17-7-9-3-1-2-4-10(9)18-12-11-15-14-8-16(11)6-5-13-12/h1-6,8,17H,7H2. The molecule has 0 fully saturated rings. The van der Waals surface area contributed by atoms with Crippen LogP contribution in [-0.2, 0) is 6.61 Å². The third-order valence-electron chi connectivity index (χ3n) is 2.53. The largest absolute Gasteiger partial charge is 0.435 e. The Morgan fingerprint density at radius 3 is 3.06 bits per heavy atom. The molecule has 6 heteroatoms. The first-order valence-electron chi connectivity index (χ1n) is 5.39. The number of hydrogen-bond acceptors (Lipinski definition) is 5. The quantitative estimate of drug-likeness (QED) is 0.751. The number of nitrogens with zero attached hydrogens (tertiary/aromatic N) is 4. The Kier molecular flexibility index (Phi) is 2.62. The van der Waals surface area contributed by atoms with Gasteiger partial charge in [0.25, 0.3) is 5.88 Å². The van der Waals surface area contributed by atoms with E-state index < -0.39 is 0 Å². The van der Waals surface area contributed by atoms with E-state index in [2.05, 4.69) is 15.2 Å². The SMILES string of the molecule is OCc1ccccc1Oc1nccn2cnnc12. The van der Waals surface area contributed by atoms with Gasteiger partial charge in [0, 0.05) is 18.0 Å². The Bertz CT molecular complexity index is 680. The van der Waals surface area contributed by atoms with Crippen LogP contribution in [0.15, 0.2) is 43.0 Å². The minimum absolute atomic E-state index is 0.0913. The van der Waals surface area contributed by atoms with Gasteiger partial charge in [-0.2, -0.15) is 0 Å². The van der Waals surface area contributed by atoms with Gasteiger partial charge in [0.05, 0.1) is 6.61 Å². The molecule has 0 spiro atoms. The van der Waals surface area contributed by atoms with Gasteiger partial charge in [0.1, 0.15) is 12.1 Å². The van der Waals surface area contributed by atoms with E-state index in [9.17, 15) is 5.11 Å². The Morgan fingerprint density at radius 1 is 1.28 bits per heavy atom. The maximum atomic E-state index is 9.24. The first-order chi connectivity index (χ1) is 8.88. The molecule has 0 amide bonds. The van der Waals surface area contributed by atoms with Crippen LogP contribution in [0.5, 0.6) is 11.6 Å². The van der Waals surface area contributed by atoms with Crippen LogP contribution in [0.2, 0.25) is 0 Å². The molecule has 2 aromatic heterocycles. The first kappa shape index (κ1) is 10.7. The summed E-state index contributed by atoms with van der Waals surface area (Å²) in [6.45, 7) is -0.0913. The van der Waals surface area contributed by atoms with Gasteiger partial charge in [-0.3, -0.25) is 4.40 Å². The predicted octanol–water partition coefficient (Wildman–Crippen LogP) is 1.41. The molecule has 6 nitrogen and oxygen atoms in total. The zero-order chi connectivity index (χ0) is 12.4. The molecule has 2 heterocycles. The van der Waals surface area contributed by atoms with Gasteiger partial charge in [0.15, 0.2) is 0 Å². The van der Waals surface area contributed by atoms with Crippen molar-refractivity contribution in [2.75, 3.05) is 0 Å². The third kappa shape index (κ3) is 1.78. The number of hydrogen-bond donors (Lipinski definition) is 1. The fourth-order valence-electron chi connectivity index (χ4n) is 1.65. The van der Waals surface area contributed by atoms with Gasteiger partial charge < -0.3 is 9.84 Å². The molecule has 1 aromatic carbocycles. The summed E-state index contributed by atoms with van der Waals surface area (Å²) in [5, 5.41) is 17.0. The van der Waals surface area contributed by atoms with Crippen molar-refractivity contribution in [3.8, 4) is 11.6 Å². The molecule has 0 aliphatic carbocycles. The molecule has 1 N–H and O–H groups in total. The summed E-state index contributed by atoms with van der Waals surface area (Å²) < 4.78 is 7.39. The van der Waals surface area contributed by atoms with E-state index in [4.69, 9.17) is 4.74 Å². The van der Waals surface area contributed by atoms with Crippen LogP contribution in [-0.4, -0.2) is 24.7 Å². The van der Waals surface area contributed by atoms with E-state index in [0.29, 0.717) is 22.8 Å². The summed E-state index contributed by atoms with van der Waals surface area (Å²) in [5.41, 5.74) is 1.23. The molecule has 18 heavy (non-hydrogen) atoms. The predicted molar refractivity (Wildman–Crippen MR) is 63.2 cm³/mol. The second kappa shape index (κ2) is 4.42. The average molecular weight is 242 g/mol. The highest BCUT2D eigenvalue weighted by molar-refractivity contribution is 5.50. The van der Waals surface area contributed by atoms with Crippen molar-refractivity contribution in [1.82, 2.24) is 19.6 Å². The van der Waals surface area contributed by atoms with Gasteiger partial charge in [0.2, 0.25) is 5.65 Å². The minimum atomic E-state index is -0.0913. The molecule has 0 aliphatic heterocycles. The first-order valence-corrected chi connectivity index (χ1v) is 5.39.